The summed E-state index contributed by atoms with van der Waals surface area (Å²) in [6.45, 7) is 1.66. The highest BCUT2D eigenvalue weighted by Crippen LogP contribution is 2.25. The van der Waals surface area contributed by atoms with Gasteiger partial charge in [-0.3, -0.25) is 0 Å². The zero-order valence-corrected chi connectivity index (χ0v) is 10.6. The lowest BCUT2D eigenvalue weighted by Gasteiger charge is -2.22. The molecule has 1 aliphatic heterocycles. The fraction of sp³-hybridized carbons (Fsp3) is 0.462. The number of carbonyl (C=O) groups excluding carboxylic acids is 1. The molecule has 2 rings (SSSR count). The third-order valence-corrected chi connectivity index (χ3v) is 2.96. The molecule has 0 aromatic heterocycles. The van der Waals surface area contributed by atoms with E-state index < -0.39 is 0 Å². The molecule has 1 aromatic carbocycles. The predicted octanol–water partition coefficient (Wildman–Crippen LogP) is -0.629. The van der Waals surface area contributed by atoms with Crippen molar-refractivity contribution >= 4 is 5.97 Å². The van der Waals surface area contributed by atoms with Crippen LogP contribution >= 0.6 is 0 Å². The van der Waals surface area contributed by atoms with Gasteiger partial charge in [0, 0.05) is 12.5 Å². The van der Waals surface area contributed by atoms with Crippen LogP contribution in [0.1, 0.15) is 34.7 Å². The van der Waals surface area contributed by atoms with E-state index in [1.54, 1.807) is 0 Å². The first-order valence-corrected chi connectivity index (χ1v) is 5.57. The molecule has 0 spiro atoms. The van der Waals surface area contributed by atoms with Crippen molar-refractivity contribution in [2.24, 2.45) is 0 Å². The fourth-order valence-corrected chi connectivity index (χ4v) is 2.01. The molecule has 1 fully saturated rings. The number of benzene rings is 1. The van der Waals surface area contributed by atoms with Gasteiger partial charge in [0.15, 0.2) is 0 Å². The molecule has 1 unspecified atom stereocenters. The number of halogens is 1. The third kappa shape index (κ3) is 3.45. The van der Waals surface area contributed by atoms with E-state index in [-0.39, 0.29) is 18.4 Å². The molecule has 0 radical (unpaired) electrons. The molecule has 1 saturated heterocycles. The van der Waals surface area contributed by atoms with E-state index in [4.69, 9.17) is 4.74 Å². The maximum atomic E-state index is 11.3. The first-order valence-electron chi connectivity index (χ1n) is 5.57. The summed E-state index contributed by atoms with van der Waals surface area (Å²) in [5, 5.41) is 0. The Morgan fingerprint density at radius 2 is 2.06 bits per heavy atom. The zero-order valence-electron chi connectivity index (χ0n) is 9.82. The van der Waals surface area contributed by atoms with Crippen molar-refractivity contribution in [3.8, 4) is 0 Å². The summed E-state index contributed by atoms with van der Waals surface area (Å²) in [6, 6.07) is 7.61. The summed E-state index contributed by atoms with van der Waals surface area (Å²) in [5.74, 6) is 0.187. The lowest BCUT2D eigenvalue weighted by molar-refractivity contribution is -0.0000187. The quantitative estimate of drug-likeness (QED) is 0.661. The Bertz CT molecular complexity index is 355. The molecule has 0 amide bonds. The van der Waals surface area contributed by atoms with Crippen molar-refractivity contribution in [3.05, 3.63) is 35.4 Å². The van der Waals surface area contributed by atoms with E-state index in [1.807, 2.05) is 24.3 Å². The monoisotopic (exact) mass is 255 g/mol. The molecule has 1 atom stereocenters. The Hall–Kier alpha value is -1.06. The van der Waals surface area contributed by atoms with Crippen molar-refractivity contribution < 1.29 is 26.7 Å². The Morgan fingerprint density at radius 3 is 2.59 bits per heavy atom. The zero-order chi connectivity index (χ0) is 11.4. The van der Waals surface area contributed by atoms with E-state index in [0.29, 0.717) is 11.5 Å². The standard InChI is InChI=1S/C13H16O3.ClH/c1-15-13(14)11-6-4-10(5-7-11)12-3-2-8-16-9-12;/h4-7,12H,2-3,8-9H2,1H3;1H/p-1. The van der Waals surface area contributed by atoms with Crippen molar-refractivity contribution in [1.82, 2.24) is 0 Å². The fourth-order valence-electron chi connectivity index (χ4n) is 2.01. The normalized spacial score (nSPS) is 19.2. The Morgan fingerprint density at radius 1 is 1.35 bits per heavy atom. The van der Waals surface area contributed by atoms with Gasteiger partial charge in [-0.15, -0.1) is 0 Å². The van der Waals surface area contributed by atoms with Crippen molar-refractivity contribution in [3.63, 3.8) is 0 Å². The molecule has 94 valence electrons. The molecule has 3 nitrogen and oxygen atoms in total. The SMILES string of the molecule is COC(=O)c1ccc(C2CCCOC2)cc1.[Cl-]. The Balaban J connectivity index is 0.00000144. The smallest absolute Gasteiger partial charge is 0.337 e. The van der Waals surface area contributed by atoms with Crippen LogP contribution in [0.25, 0.3) is 0 Å². The van der Waals surface area contributed by atoms with Crippen LogP contribution in [0.2, 0.25) is 0 Å². The minimum atomic E-state index is -0.286. The van der Waals surface area contributed by atoms with E-state index in [1.165, 1.54) is 12.7 Å². The molecular weight excluding hydrogens is 240 g/mol. The first-order chi connectivity index (χ1) is 7.81. The van der Waals surface area contributed by atoms with E-state index in [9.17, 15) is 4.79 Å². The van der Waals surface area contributed by atoms with Gasteiger partial charge in [0.2, 0.25) is 0 Å². The topological polar surface area (TPSA) is 35.5 Å². The maximum absolute atomic E-state index is 11.3. The van der Waals surface area contributed by atoms with Gasteiger partial charge in [-0.1, -0.05) is 12.1 Å². The largest absolute Gasteiger partial charge is 1.00 e. The summed E-state index contributed by atoms with van der Waals surface area (Å²) >= 11 is 0. The van der Waals surface area contributed by atoms with Gasteiger partial charge in [0.25, 0.3) is 0 Å². The molecule has 0 aliphatic carbocycles. The lowest BCUT2D eigenvalue weighted by atomic mass is 9.93. The first kappa shape index (κ1) is 14.0. The van der Waals surface area contributed by atoms with Crippen LogP contribution in [0.3, 0.4) is 0 Å². The summed E-state index contributed by atoms with van der Waals surface area (Å²) in [7, 11) is 1.39. The molecule has 0 bridgehead atoms. The lowest BCUT2D eigenvalue weighted by Crippen LogP contribution is -3.00. The third-order valence-electron chi connectivity index (χ3n) is 2.96. The van der Waals surface area contributed by atoms with Crippen molar-refractivity contribution in [2.75, 3.05) is 20.3 Å². The number of hydrogen-bond donors (Lipinski definition) is 0. The molecule has 1 aromatic rings. The molecule has 1 heterocycles. The summed E-state index contributed by atoms with van der Waals surface area (Å²) in [5.41, 5.74) is 1.84. The predicted molar refractivity (Wildman–Crippen MR) is 60.6 cm³/mol. The number of esters is 1. The number of hydrogen-bond acceptors (Lipinski definition) is 3. The molecule has 1 aliphatic rings. The highest BCUT2D eigenvalue weighted by molar-refractivity contribution is 5.89. The number of carbonyl (C=O) groups is 1. The van der Waals surface area contributed by atoms with E-state index >= 15 is 0 Å². The van der Waals surface area contributed by atoms with Crippen LogP contribution in [-0.2, 0) is 9.47 Å². The van der Waals surface area contributed by atoms with E-state index in [0.717, 1.165) is 26.1 Å². The van der Waals surface area contributed by atoms with Crippen molar-refractivity contribution in [1.29, 1.82) is 0 Å². The summed E-state index contributed by atoms with van der Waals surface area (Å²) in [4.78, 5) is 11.3. The van der Waals surface area contributed by atoms with Gasteiger partial charge in [0.05, 0.1) is 19.3 Å². The van der Waals surface area contributed by atoms with Crippen LogP contribution in [0.4, 0.5) is 0 Å². The highest BCUT2D eigenvalue weighted by atomic mass is 35.5. The van der Waals surface area contributed by atoms with Crippen LogP contribution in [0.15, 0.2) is 24.3 Å². The molecule has 0 saturated carbocycles. The van der Waals surface area contributed by atoms with Gasteiger partial charge in [-0.05, 0) is 30.5 Å². The Kier molecular flexibility index (Phi) is 5.45. The van der Waals surface area contributed by atoms with Gasteiger partial charge in [0.1, 0.15) is 0 Å². The van der Waals surface area contributed by atoms with Gasteiger partial charge < -0.3 is 21.9 Å². The number of methoxy groups -OCH3 is 1. The number of rotatable bonds is 2. The van der Waals surface area contributed by atoms with Crippen molar-refractivity contribution in [2.45, 2.75) is 18.8 Å². The highest BCUT2D eigenvalue weighted by Gasteiger charge is 2.16. The second-order valence-corrected chi connectivity index (χ2v) is 4.03. The van der Waals surface area contributed by atoms with Crippen LogP contribution in [0.5, 0.6) is 0 Å². The van der Waals surface area contributed by atoms with Gasteiger partial charge >= 0.3 is 5.97 Å². The minimum Gasteiger partial charge on any atom is -1.00 e. The summed E-state index contributed by atoms with van der Waals surface area (Å²) in [6.07, 6.45) is 2.28. The maximum Gasteiger partial charge on any atom is 0.337 e. The minimum absolute atomic E-state index is 0. The average Bonchev–Trinajstić information content (AvgIpc) is 2.39. The second kappa shape index (κ2) is 6.62. The van der Waals surface area contributed by atoms with Crippen LogP contribution in [-0.4, -0.2) is 26.3 Å². The number of ether oxygens (including phenoxy) is 2. The van der Waals surface area contributed by atoms with Crippen LogP contribution < -0.4 is 12.4 Å². The molecule has 0 N–H and O–H groups in total. The van der Waals surface area contributed by atoms with Gasteiger partial charge in [-0.2, -0.15) is 0 Å². The van der Waals surface area contributed by atoms with Crippen LogP contribution in [0, 0.1) is 0 Å². The Labute approximate surface area is 108 Å². The van der Waals surface area contributed by atoms with E-state index in [2.05, 4.69) is 4.74 Å². The second-order valence-electron chi connectivity index (χ2n) is 4.03. The average molecular weight is 256 g/mol. The molecular formula is C13H16ClO3-. The summed E-state index contributed by atoms with van der Waals surface area (Å²) < 4.78 is 10.1. The molecule has 4 heteroatoms. The molecule has 17 heavy (non-hydrogen) atoms. The van der Waals surface area contributed by atoms with Gasteiger partial charge in [-0.25, -0.2) is 4.79 Å².